The fraction of sp³-hybridized carbons (Fsp3) is 0.409. The average Bonchev–Trinajstić information content (AvgIpc) is 2.99. The molecule has 0 aliphatic carbocycles. The number of guanidine groups is 1. The molecule has 1 atom stereocenters. The highest BCUT2D eigenvalue weighted by atomic mass is 127. The molecule has 30 heavy (non-hydrogen) atoms. The van der Waals surface area contributed by atoms with Crippen LogP contribution in [0.25, 0.3) is 0 Å². The van der Waals surface area contributed by atoms with Crippen LogP contribution in [0.3, 0.4) is 0 Å². The summed E-state index contributed by atoms with van der Waals surface area (Å²) >= 11 is 0. The molecule has 0 spiro atoms. The highest BCUT2D eigenvalue weighted by Crippen LogP contribution is 2.30. The van der Waals surface area contributed by atoms with Crippen molar-refractivity contribution >= 4 is 29.9 Å². The summed E-state index contributed by atoms with van der Waals surface area (Å²) in [7, 11) is 3.39. The average molecular weight is 527 g/mol. The van der Waals surface area contributed by atoms with Crippen LogP contribution in [0.5, 0.6) is 23.0 Å². The molecule has 0 amide bonds. The molecule has 1 aliphatic heterocycles. The van der Waals surface area contributed by atoms with Crippen LogP contribution in [0.4, 0.5) is 0 Å². The molecule has 2 N–H and O–H groups in total. The minimum absolute atomic E-state index is 0. The number of nitrogens with one attached hydrogen (secondary N) is 2. The third-order valence-corrected chi connectivity index (χ3v) is 4.43. The Bertz CT molecular complexity index is 832. The quantitative estimate of drug-likeness (QED) is 0.326. The maximum absolute atomic E-state index is 5.93. The van der Waals surface area contributed by atoms with Gasteiger partial charge in [-0.05, 0) is 36.8 Å². The summed E-state index contributed by atoms with van der Waals surface area (Å²) in [6.07, 6.45) is 0.855. The number of nitrogens with zero attached hydrogens (tertiary/aromatic N) is 1. The molecule has 7 nitrogen and oxygen atoms in total. The van der Waals surface area contributed by atoms with E-state index in [1.54, 1.807) is 14.2 Å². The number of fused-ring (bicyclic) bond motifs is 1. The zero-order valence-corrected chi connectivity index (χ0v) is 20.0. The number of benzene rings is 2. The summed E-state index contributed by atoms with van der Waals surface area (Å²) in [5.41, 5.74) is 1.10. The molecule has 2 aromatic rings. The first-order valence-electron chi connectivity index (χ1n) is 9.81. The first kappa shape index (κ1) is 23.9. The Morgan fingerprint density at radius 3 is 2.60 bits per heavy atom. The predicted molar refractivity (Wildman–Crippen MR) is 129 cm³/mol. The van der Waals surface area contributed by atoms with Crippen molar-refractivity contribution in [2.45, 2.75) is 26.0 Å². The highest BCUT2D eigenvalue weighted by molar-refractivity contribution is 14.0. The molecule has 0 radical (unpaired) electrons. The smallest absolute Gasteiger partial charge is 0.191 e. The molecule has 8 heteroatoms. The van der Waals surface area contributed by atoms with E-state index in [4.69, 9.17) is 18.9 Å². The van der Waals surface area contributed by atoms with Crippen molar-refractivity contribution < 1.29 is 18.9 Å². The maximum atomic E-state index is 5.93. The van der Waals surface area contributed by atoms with Gasteiger partial charge >= 0.3 is 0 Å². The Labute approximate surface area is 195 Å². The van der Waals surface area contributed by atoms with Crippen LogP contribution in [0.15, 0.2) is 47.5 Å². The van der Waals surface area contributed by atoms with Crippen LogP contribution in [0.2, 0.25) is 0 Å². The van der Waals surface area contributed by atoms with Crippen molar-refractivity contribution in [2.75, 3.05) is 33.9 Å². The van der Waals surface area contributed by atoms with E-state index < -0.39 is 0 Å². The number of methoxy groups -OCH3 is 1. The lowest BCUT2D eigenvalue weighted by Crippen LogP contribution is -2.41. The Hall–Kier alpha value is -2.36. The Morgan fingerprint density at radius 1 is 1.07 bits per heavy atom. The first-order chi connectivity index (χ1) is 14.2. The van der Waals surface area contributed by atoms with Gasteiger partial charge in [-0.25, -0.2) is 0 Å². The molecule has 0 aromatic heterocycles. The number of ether oxygens (including phenoxy) is 4. The van der Waals surface area contributed by atoms with E-state index in [2.05, 4.69) is 15.6 Å². The van der Waals surface area contributed by atoms with Gasteiger partial charge < -0.3 is 29.6 Å². The van der Waals surface area contributed by atoms with Gasteiger partial charge in [-0.15, -0.1) is 24.0 Å². The Balaban J connectivity index is 0.00000320. The van der Waals surface area contributed by atoms with E-state index in [0.717, 1.165) is 35.0 Å². The lowest BCUT2D eigenvalue weighted by Gasteiger charge is -2.18. The van der Waals surface area contributed by atoms with Crippen molar-refractivity contribution in [1.82, 2.24) is 10.6 Å². The van der Waals surface area contributed by atoms with E-state index >= 15 is 0 Å². The van der Waals surface area contributed by atoms with Crippen LogP contribution >= 0.6 is 24.0 Å². The third-order valence-electron chi connectivity index (χ3n) is 4.43. The third kappa shape index (κ3) is 7.16. The van der Waals surface area contributed by atoms with Crippen LogP contribution in [-0.4, -0.2) is 46.0 Å². The number of rotatable bonds is 7. The molecule has 0 fully saturated rings. The molecule has 1 heterocycles. The number of halogens is 1. The van der Waals surface area contributed by atoms with Gasteiger partial charge in [0, 0.05) is 26.1 Å². The molecule has 3 rings (SSSR count). The summed E-state index contributed by atoms with van der Waals surface area (Å²) in [6.45, 7) is 4.61. The summed E-state index contributed by atoms with van der Waals surface area (Å²) in [6, 6.07) is 13.6. The number of hydrogen-bond donors (Lipinski definition) is 2. The summed E-state index contributed by atoms with van der Waals surface area (Å²) in [5, 5.41) is 6.60. The topological polar surface area (TPSA) is 73.3 Å². The SMILES string of the molecule is CN=C(NCc1ccc2c(c1)OCCCO2)NCC(C)Oc1cccc(OC)c1.I. The van der Waals surface area contributed by atoms with Gasteiger partial charge in [0.25, 0.3) is 0 Å². The van der Waals surface area contributed by atoms with Crippen molar-refractivity contribution in [1.29, 1.82) is 0 Å². The Morgan fingerprint density at radius 2 is 1.83 bits per heavy atom. The van der Waals surface area contributed by atoms with Gasteiger partial charge in [-0.1, -0.05) is 12.1 Å². The number of aliphatic imine (C=N–C) groups is 1. The van der Waals surface area contributed by atoms with Gasteiger partial charge in [0.15, 0.2) is 17.5 Å². The first-order valence-corrected chi connectivity index (χ1v) is 9.81. The zero-order chi connectivity index (χ0) is 20.5. The second kappa shape index (κ2) is 12.4. The van der Waals surface area contributed by atoms with Crippen molar-refractivity contribution in [3.05, 3.63) is 48.0 Å². The van der Waals surface area contributed by atoms with Gasteiger partial charge in [0.05, 0.1) is 26.9 Å². The normalized spacial score (nSPS) is 14.0. The van der Waals surface area contributed by atoms with Crippen molar-refractivity contribution in [3.8, 4) is 23.0 Å². The van der Waals surface area contributed by atoms with Crippen molar-refractivity contribution in [3.63, 3.8) is 0 Å². The molecule has 1 aliphatic rings. The van der Waals surface area contributed by atoms with Crippen LogP contribution in [0.1, 0.15) is 18.9 Å². The largest absolute Gasteiger partial charge is 0.497 e. The van der Waals surface area contributed by atoms with Gasteiger partial charge in [0.1, 0.15) is 17.6 Å². The monoisotopic (exact) mass is 527 g/mol. The molecule has 0 saturated heterocycles. The standard InChI is InChI=1S/C22H29N3O4.HI/c1-16(29-19-7-4-6-18(13-19)26-3)14-24-22(23-2)25-15-17-8-9-20-21(12-17)28-11-5-10-27-20;/h4,6-9,12-13,16H,5,10-11,14-15H2,1-3H3,(H2,23,24,25);1H. The number of hydrogen-bond acceptors (Lipinski definition) is 5. The maximum Gasteiger partial charge on any atom is 0.191 e. The van der Waals surface area contributed by atoms with E-state index in [1.807, 2.05) is 49.4 Å². The van der Waals surface area contributed by atoms with E-state index in [1.165, 1.54) is 0 Å². The molecule has 2 aromatic carbocycles. The second-order valence-electron chi connectivity index (χ2n) is 6.75. The zero-order valence-electron chi connectivity index (χ0n) is 17.6. The summed E-state index contributed by atoms with van der Waals surface area (Å²) < 4.78 is 22.6. The van der Waals surface area contributed by atoms with Gasteiger partial charge in [-0.2, -0.15) is 0 Å². The van der Waals surface area contributed by atoms with Gasteiger partial charge in [0.2, 0.25) is 0 Å². The summed E-state index contributed by atoms with van der Waals surface area (Å²) in [4.78, 5) is 4.27. The van der Waals surface area contributed by atoms with E-state index in [-0.39, 0.29) is 30.1 Å². The van der Waals surface area contributed by atoms with Crippen molar-refractivity contribution in [2.24, 2.45) is 4.99 Å². The molecule has 0 saturated carbocycles. The fourth-order valence-corrected chi connectivity index (χ4v) is 2.91. The predicted octanol–water partition coefficient (Wildman–Crippen LogP) is 3.61. The second-order valence-corrected chi connectivity index (χ2v) is 6.75. The lowest BCUT2D eigenvalue weighted by atomic mass is 10.2. The molecular weight excluding hydrogens is 497 g/mol. The van der Waals surface area contributed by atoms with Gasteiger partial charge in [-0.3, -0.25) is 4.99 Å². The molecule has 1 unspecified atom stereocenters. The molecule has 164 valence electrons. The molecule has 0 bridgehead atoms. The van der Waals surface area contributed by atoms with Crippen LogP contribution in [-0.2, 0) is 6.54 Å². The van der Waals surface area contributed by atoms with Crippen LogP contribution in [0, 0.1) is 0 Å². The Kier molecular flexibility index (Phi) is 9.85. The van der Waals surface area contributed by atoms with E-state index in [9.17, 15) is 0 Å². The van der Waals surface area contributed by atoms with Crippen LogP contribution < -0.4 is 29.6 Å². The van der Waals surface area contributed by atoms with E-state index in [0.29, 0.717) is 32.3 Å². The minimum Gasteiger partial charge on any atom is -0.497 e. The fourth-order valence-electron chi connectivity index (χ4n) is 2.91. The lowest BCUT2D eigenvalue weighted by molar-refractivity contribution is 0.223. The highest BCUT2D eigenvalue weighted by Gasteiger charge is 2.11. The minimum atomic E-state index is -0.0429. The summed E-state index contributed by atoms with van der Waals surface area (Å²) in [5.74, 6) is 3.85. The molecular formula is C22H30IN3O4.